The van der Waals surface area contributed by atoms with Gasteiger partial charge in [0.15, 0.2) is 11.6 Å². The minimum atomic E-state index is -0.366. The number of nitrogens with one attached hydrogen (secondary N) is 1. The highest BCUT2D eigenvalue weighted by molar-refractivity contribution is 5.60. The Labute approximate surface area is 123 Å². The second-order valence-corrected chi connectivity index (χ2v) is 5.64. The fourth-order valence-corrected chi connectivity index (χ4v) is 2.92. The summed E-state index contributed by atoms with van der Waals surface area (Å²) in [5.41, 5.74) is 7.54. The number of rotatable bonds is 3. The van der Waals surface area contributed by atoms with E-state index in [1.165, 1.54) is 13.2 Å². The normalized spacial score (nSPS) is 22.2. The van der Waals surface area contributed by atoms with Gasteiger partial charge in [-0.25, -0.2) is 9.37 Å². The Bertz CT molecular complexity index is 618. The molecule has 0 bridgehead atoms. The molecule has 1 aromatic carbocycles. The van der Waals surface area contributed by atoms with Crippen LogP contribution >= 0.6 is 0 Å². The molecule has 1 aromatic heterocycles. The second-order valence-electron chi connectivity index (χ2n) is 5.64. The van der Waals surface area contributed by atoms with E-state index in [2.05, 4.69) is 9.97 Å². The molecule has 1 heterocycles. The van der Waals surface area contributed by atoms with E-state index in [1.54, 1.807) is 12.3 Å². The summed E-state index contributed by atoms with van der Waals surface area (Å²) in [5.74, 6) is 1.30. The lowest BCUT2D eigenvalue weighted by atomic mass is 9.86. The van der Waals surface area contributed by atoms with Gasteiger partial charge in [0.25, 0.3) is 0 Å². The smallest absolute Gasteiger partial charge is 0.165 e. The zero-order valence-electron chi connectivity index (χ0n) is 12.1. The Morgan fingerprint density at radius 2 is 2.05 bits per heavy atom. The molecule has 1 fully saturated rings. The first kappa shape index (κ1) is 14.1. The van der Waals surface area contributed by atoms with Gasteiger partial charge in [-0.15, -0.1) is 0 Å². The highest BCUT2D eigenvalue weighted by Gasteiger charge is 2.22. The number of nitrogens with zero attached hydrogens (tertiary/aromatic N) is 1. The minimum absolute atomic E-state index is 0.250. The molecule has 3 N–H and O–H groups in total. The Balaban J connectivity index is 1.80. The number of hydrogen-bond donors (Lipinski definition) is 2. The highest BCUT2D eigenvalue weighted by Crippen LogP contribution is 2.32. The summed E-state index contributed by atoms with van der Waals surface area (Å²) in [6, 6.07) is 5.25. The standard InChI is InChI=1S/C16H20FN3O/c1-21-15-7-4-11(8-13(15)17)14-9-19-16(20-14)10-2-5-12(18)6-3-10/h4,7-10,12H,2-3,5-6,18H2,1H3,(H,19,20). The van der Waals surface area contributed by atoms with Gasteiger partial charge in [0.05, 0.1) is 19.0 Å². The van der Waals surface area contributed by atoms with Gasteiger partial charge < -0.3 is 15.5 Å². The van der Waals surface area contributed by atoms with Crippen LogP contribution in [0, 0.1) is 5.82 Å². The first-order valence-electron chi connectivity index (χ1n) is 7.31. The lowest BCUT2D eigenvalue weighted by molar-refractivity contribution is 0.386. The van der Waals surface area contributed by atoms with Gasteiger partial charge in [-0.05, 0) is 43.9 Å². The molecule has 5 heteroatoms. The van der Waals surface area contributed by atoms with Crippen molar-refractivity contribution < 1.29 is 9.13 Å². The number of aromatic amines is 1. The van der Waals surface area contributed by atoms with Crippen molar-refractivity contribution in [1.29, 1.82) is 0 Å². The number of benzene rings is 1. The predicted octanol–water partition coefficient (Wildman–Crippen LogP) is 3.21. The number of methoxy groups -OCH3 is 1. The molecule has 112 valence electrons. The number of H-pyrrole nitrogens is 1. The third-order valence-electron chi connectivity index (χ3n) is 4.22. The Kier molecular flexibility index (Phi) is 3.92. The second kappa shape index (κ2) is 5.85. The van der Waals surface area contributed by atoms with Gasteiger partial charge >= 0.3 is 0 Å². The van der Waals surface area contributed by atoms with Crippen molar-refractivity contribution in [3.63, 3.8) is 0 Å². The molecule has 1 aliphatic carbocycles. The molecule has 0 spiro atoms. The maximum absolute atomic E-state index is 13.8. The fourth-order valence-electron chi connectivity index (χ4n) is 2.92. The lowest BCUT2D eigenvalue weighted by Gasteiger charge is -2.24. The summed E-state index contributed by atoms with van der Waals surface area (Å²) in [6.07, 6.45) is 5.97. The lowest BCUT2D eigenvalue weighted by Crippen LogP contribution is -2.26. The van der Waals surface area contributed by atoms with Gasteiger partial charge in [0.2, 0.25) is 0 Å². The van der Waals surface area contributed by atoms with Crippen LogP contribution in [0.2, 0.25) is 0 Å². The average Bonchev–Trinajstić information content (AvgIpc) is 2.98. The minimum Gasteiger partial charge on any atom is -0.494 e. The number of hydrogen-bond acceptors (Lipinski definition) is 3. The molecule has 0 radical (unpaired) electrons. The molecule has 0 amide bonds. The van der Waals surface area contributed by atoms with Crippen LogP contribution in [0.5, 0.6) is 5.75 Å². The van der Waals surface area contributed by atoms with E-state index in [-0.39, 0.29) is 11.6 Å². The van der Waals surface area contributed by atoms with E-state index in [9.17, 15) is 4.39 Å². The molecule has 21 heavy (non-hydrogen) atoms. The van der Waals surface area contributed by atoms with Crippen LogP contribution in [-0.2, 0) is 0 Å². The van der Waals surface area contributed by atoms with Crippen LogP contribution in [0.15, 0.2) is 24.4 Å². The number of ether oxygens (including phenoxy) is 1. The maximum atomic E-state index is 13.8. The molecule has 0 saturated heterocycles. The van der Waals surface area contributed by atoms with Crippen molar-refractivity contribution in [2.75, 3.05) is 7.11 Å². The summed E-state index contributed by atoms with van der Waals surface area (Å²) in [4.78, 5) is 7.78. The van der Waals surface area contributed by atoms with Gasteiger partial charge in [0, 0.05) is 17.5 Å². The SMILES string of the molecule is COc1ccc(-c2cnc(C3CCC(N)CC3)[nH]2)cc1F. The van der Waals surface area contributed by atoms with E-state index in [1.807, 2.05) is 6.07 Å². The molecule has 0 unspecified atom stereocenters. The highest BCUT2D eigenvalue weighted by atomic mass is 19.1. The fraction of sp³-hybridized carbons (Fsp3) is 0.438. The van der Waals surface area contributed by atoms with Crippen molar-refractivity contribution in [3.8, 4) is 17.0 Å². The molecule has 4 nitrogen and oxygen atoms in total. The first-order chi connectivity index (χ1) is 10.2. The van der Waals surface area contributed by atoms with Crippen molar-refractivity contribution >= 4 is 0 Å². The number of nitrogens with two attached hydrogens (primary N) is 1. The van der Waals surface area contributed by atoms with Crippen molar-refractivity contribution in [2.24, 2.45) is 5.73 Å². The largest absolute Gasteiger partial charge is 0.494 e. The van der Waals surface area contributed by atoms with E-state index in [0.717, 1.165) is 42.8 Å². The third-order valence-corrected chi connectivity index (χ3v) is 4.22. The van der Waals surface area contributed by atoms with E-state index in [4.69, 9.17) is 10.5 Å². The third kappa shape index (κ3) is 2.93. The zero-order valence-corrected chi connectivity index (χ0v) is 12.1. The Morgan fingerprint density at radius 1 is 1.29 bits per heavy atom. The molecule has 1 saturated carbocycles. The average molecular weight is 289 g/mol. The van der Waals surface area contributed by atoms with Gasteiger partial charge in [0.1, 0.15) is 5.82 Å². The molecule has 0 atom stereocenters. The van der Waals surface area contributed by atoms with Crippen LogP contribution in [-0.4, -0.2) is 23.1 Å². The number of aromatic nitrogens is 2. The zero-order chi connectivity index (χ0) is 14.8. The topological polar surface area (TPSA) is 63.9 Å². The predicted molar refractivity (Wildman–Crippen MR) is 79.7 cm³/mol. The van der Waals surface area contributed by atoms with E-state index >= 15 is 0 Å². The summed E-state index contributed by atoms with van der Waals surface area (Å²) >= 11 is 0. The van der Waals surface area contributed by atoms with E-state index < -0.39 is 0 Å². The molecular weight excluding hydrogens is 269 g/mol. The molecule has 0 aliphatic heterocycles. The molecular formula is C16H20FN3O. The summed E-state index contributed by atoms with van der Waals surface area (Å²) in [6.45, 7) is 0. The quantitative estimate of drug-likeness (QED) is 0.912. The summed E-state index contributed by atoms with van der Waals surface area (Å²) in [7, 11) is 1.46. The monoisotopic (exact) mass is 289 g/mol. The van der Waals surface area contributed by atoms with Crippen LogP contribution in [0.4, 0.5) is 4.39 Å². The Hall–Kier alpha value is -1.88. The molecule has 3 rings (SSSR count). The van der Waals surface area contributed by atoms with Crippen molar-refractivity contribution in [3.05, 3.63) is 36.0 Å². The van der Waals surface area contributed by atoms with Gasteiger partial charge in [-0.2, -0.15) is 0 Å². The Morgan fingerprint density at radius 3 is 2.71 bits per heavy atom. The van der Waals surface area contributed by atoms with Crippen LogP contribution in [0.3, 0.4) is 0 Å². The van der Waals surface area contributed by atoms with Gasteiger partial charge in [-0.1, -0.05) is 0 Å². The molecule has 2 aromatic rings. The summed E-state index contributed by atoms with van der Waals surface area (Å²) in [5, 5.41) is 0. The number of imidazole rings is 1. The number of halogens is 1. The first-order valence-corrected chi connectivity index (χ1v) is 7.31. The van der Waals surface area contributed by atoms with Crippen LogP contribution < -0.4 is 10.5 Å². The maximum Gasteiger partial charge on any atom is 0.165 e. The van der Waals surface area contributed by atoms with E-state index in [0.29, 0.717) is 12.0 Å². The van der Waals surface area contributed by atoms with Crippen molar-refractivity contribution in [2.45, 2.75) is 37.6 Å². The molecule has 1 aliphatic rings. The van der Waals surface area contributed by atoms with Gasteiger partial charge in [-0.3, -0.25) is 0 Å². The van der Waals surface area contributed by atoms with Crippen LogP contribution in [0.25, 0.3) is 11.3 Å². The van der Waals surface area contributed by atoms with Crippen LogP contribution in [0.1, 0.15) is 37.4 Å². The summed E-state index contributed by atoms with van der Waals surface area (Å²) < 4.78 is 18.7. The van der Waals surface area contributed by atoms with Crippen molar-refractivity contribution in [1.82, 2.24) is 9.97 Å².